The van der Waals surface area contributed by atoms with Crippen molar-refractivity contribution in [3.63, 3.8) is 0 Å². The van der Waals surface area contributed by atoms with Crippen molar-refractivity contribution >= 4 is 0 Å². The van der Waals surface area contributed by atoms with Crippen molar-refractivity contribution in [1.29, 1.82) is 0 Å². The molecule has 4 aliphatic carbocycles. The quantitative estimate of drug-likeness (QED) is 0.642. The first-order valence-electron chi connectivity index (χ1n) is 9.81. The van der Waals surface area contributed by atoms with Gasteiger partial charge >= 0.3 is 0 Å². The molecule has 0 bridgehead atoms. The van der Waals surface area contributed by atoms with Crippen LogP contribution in [0, 0.1) is 40.4 Å². The Morgan fingerprint density at radius 1 is 0.826 bits per heavy atom. The first-order chi connectivity index (χ1) is 10.8. The predicted molar refractivity (Wildman–Crippen MR) is 89.7 cm³/mol. The molecule has 0 spiro atoms. The van der Waals surface area contributed by atoms with E-state index in [-0.39, 0.29) is 29.1 Å². The van der Waals surface area contributed by atoms with Crippen molar-refractivity contribution in [3.05, 3.63) is 0 Å². The summed E-state index contributed by atoms with van der Waals surface area (Å²) >= 11 is 0. The molecule has 3 nitrogen and oxygen atoms in total. The third-order valence-electron chi connectivity index (χ3n) is 8.93. The Labute approximate surface area is 140 Å². The van der Waals surface area contributed by atoms with E-state index in [1.807, 2.05) is 0 Å². The lowest BCUT2D eigenvalue weighted by Gasteiger charge is -2.61. The standard InChI is InChI=1S/C20H34O3/c1-11-8-15-17-14(5-7-20(15,3)18(11)23)19(2)6-4-13(21)9-12(19)10-16(17)22/h11-18,21-23H,4-10H2,1-3H3/t11-,12+,13-,14?,15?,16?,17?,18+,19+,20+/m1/s1. The summed E-state index contributed by atoms with van der Waals surface area (Å²) < 4.78 is 0. The van der Waals surface area contributed by atoms with Gasteiger partial charge in [0.1, 0.15) is 0 Å². The highest BCUT2D eigenvalue weighted by molar-refractivity contribution is 5.12. The van der Waals surface area contributed by atoms with Gasteiger partial charge in [0.05, 0.1) is 18.3 Å². The van der Waals surface area contributed by atoms with Crippen LogP contribution in [0.1, 0.15) is 65.7 Å². The average Bonchev–Trinajstić information content (AvgIpc) is 2.73. The first kappa shape index (κ1) is 16.4. The van der Waals surface area contributed by atoms with Crippen molar-refractivity contribution in [3.8, 4) is 0 Å². The number of fused-ring (bicyclic) bond motifs is 5. The van der Waals surface area contributed by atoms with Crippen LogP contribution in [-0.4, -0.2) is 33.6 Å². The molecule has 0 aromatic heterocycles. The number of aliphatic hydroxyl groups excluding tert-OH is 3. The molecule has 10 atom stereocenters. The molecule has 0 aliphatic heterocycles. The van der Waals surface area contributed by atoms with Crippen LogP contribution in [0.2, 0.25) is 0 Å². The fourth-order valence-corrected chi connectivity index (χ4v) is 7.54. The van der Waals surface area contributed by atoms with E-state index in [2.05, 4.69) is 20.8 Å². The van der Waals surface area contributed by atoms with Gasteiger partial charge in [0.25, 0.3) is 0 Å². The zero-order valence-electron chi connectivity index (χ0n) is 14.9. The van der Waals surface area contributed by atoms with Crippen LogP contribution in [0.3, 0.4) is 0 Å². The summed E-state index contributed by atoms with van der Waals surface area (Å²) in [6.45, 7) is 6.89. The van der Waals surface area contributed by atoms with Crippen molar-refractivity contribution in [1.82, 2.24) is 0 Å². The smallest absolute Gasteiger partial charge is 0.0622 e. The Balaban J connectivity index is 1.68. The Morgan fingerprint density at radius 3 is 2.26 bits per heavy atom. The highest BCUT2D eigenvalue weighted by atomic mass is 16.3. The number of aliphatic hydroxyl groups is 3. The van der Waals surface area contributed by atoms with Gasteiger partial charge in [-0.05, 0) is 85.4 Å². The summed E-state index contributed by atoms with van der Waals surface area (Å²) in [7, 11) is 0. The van der Waals surface area contributed by atoms with Crippen molar-refractivity contribution < 1.29 is 15.3 Å². The molecule has 4 rings (SSSR count). The van der Waals surface area contributed by atoms with Crippen molar-refractivity contribution in [2.75, 3.05) is 0 Å². The molecule has 0 aromatic carbocycles. The van der Waals surface area contributed by atoms with Gasteiger partial charge in [0, 0.05) is 0 Å². The van der Waals surface area contributed by atoms with Gasteiger partial charge in [-0.1, -0.05) is 20.8 Å². The van der Waals surface area contributed by atoms with Gasteiger partial charge in [-0.15, -0.1) is 0 Å². The maximum Gasteiger partial charge on any atom is 0.0622 e. The maximum atomic E-state index is 11.0. The predicted octanol–water partition coefficient (Wildman–Crippen LogP) is 2.97. The second-order valence-electron chi connectivity index (χ2n) is 9.93. The molecule has 4 fully saturated rings. The van der Waals surface area contributed by atoms with Crippen LogP contribution in [0.25, 0.3) is 0 Å². The molecule has 132 valence electrons. The molecular formula is C20H34O3. The fourth-order valence-electron chi connectivity index (χ4n) is 7.54. The summed E-state index contributed by atoms with van der Waals surface area (Å²) in [5, 5.41) is 31.9. The molecule has 0 amide bonds. The van der Waals surface area contributed by atoms with E-state index >= 15 is 0 Å². The molecule has 4 unspecified atom stereocenters. The first-order valence-corrected chi connectivity index (χ1v) is 9.81. The normalized spacial score (nSPS) is 62.3. The Bertz CT molecular complexity index is 480. The van der Waals surface area contributed by atoms with E-state index in [1.54, 1.807) is 0 Å². The molecule has 0 heterocycles. The molecule has 4 aliphatic rings. The van der Waals surface area contributed by atoms with E-state index in [9.17, 15) is 15.3 Å². The number of hydrogen-bond donors (Lipinski definition) is 3. The third kappa shape index (κ3) is 2.12. The average molecular weight is 322 g/mol. The van der Waals surface area contributed by atoms with Gasteiger partial charge in [0.2, 0.25) is 0 Å². The zero-order chi connectivity index (χ0) is 16.6. The van der Waals surface area contributed by atoms with Gasteiger partial charge in [-0.25, -0.2) is 0 Å². The van der Waals surface area contributed by atoms with Crippen LogP contribution < -0.4 is 0 Å². The largest absolute Gasteiger partial charge is 0.393 e. The molecule has 3 N–H and O–H groups in total. The minimum absolute atomic E-state index is 0.00105. The highest BCUT2D eigenvalue weighted by Gasteiger charge is 2.63. The van der Waals surface area contributed by atoms with Gasteiger partial charge in [0.15, 0.2) is 0 Å². The van der Waals surface area contributed by atoms with Crippen LogP contribution in [0.5, 0.6) is 0 Å². The van der Waals surface area contributed by atoms with Crippen LogP contribution >= 0.6 is 0 Å². The summed E-state index contributed by atoms with van der Waals surface area (Å²) in [6.07, 6.45) is 6.44. The highest BCUT2D eigenvalue weighted by Crippen LogP contribution is 2.66. The number of hydrogen-bond acceptors (Lipinski definition) is 3. The molecule has 0 aromatic rings. The van der Waals surface area contributed by atoms with Crippen molar-refractivity contribution in [2.24, 2.45) is 40.4 Å². The third-order valence-corrected chi connectivity index (χ3v) is 8.93. The lowest BCUT2D eigenvalue weighted by molar-refractivity contribution is -0.177. The van der Waals surface area contributed by atoms with Crippen LogP contribution in [-0.2, 0) is 0 Å². The minimum Gasteiger partial charge on any atom is -0.393 e. The van der Waals surface area contributed by atoms with E-state index < -0.39 is 0 Å². The van der Waals surface area contributed by atoms with Crippen LogP contribution in [0.4, 0.5) is 0 Å². The second kappa shape index (κ2) is 5.19. The molecule has 0 saturated heterocycles. The monoisotopic (exact) mass is 322 g/mol. The molecule has 23 heavy (non-hydrogen) atoms. The maximum absolute atomic E-state index is 11.0. The molecular weight excluding hydrogens is 288 g/mol. The molecule has 0 radical (unpaired) electrons. The fraction of sp³-hybridized carbons (Fsp3) is 1.00. The van der Waals surface area contributed by atoms with Gasteiger partial charge in [-0.3, -0.25) is 0 Å². The Kier molecular flexibility index (Phi) is 3.69. The lowest BCUT2D eigenvalue weighted by atomic mass is 9.44. The lowest BCUT2D eigenvalue weighted by Crippen LogP contribution is -2.58. The molecule has 3 heteroatoms. The SMILES string of the molecule is C[C@@H]1CC2C3C(O)C[C@@H]4C[C@H](O)CC[C@]4(C)C3CC[C@]2(C)[C@H]1O. The van der Waals surface area contributed by atoms with E-state index in [1.165, 1.54) is 0 Å². The van der Waals surface area contributed by atoms with Crippen LogP contribution in [0.15, 0.2) is 0 Å². The summed E-state index contributed by atoms with van der Waals surface area (Å²) in [5.41, 5.74) is 0.278. The summed E-state index contributed by atoms with van der Waals surface area (Å²) in [5.74, 6) is 2.21. The summed E-state index contributed by atoms with van der Waals surface area (Å²) in [6, 6.07) is 0. The number of rotatable bonds is 0. The van der Waals surface area contributed by atoms with E-state index in [4.69, 9.17) is 0 Å². The topological polar surface area (TPSA) is 60.7 Å². The minimum atomic E-state index is -0.245. The van der Waals surface area contributed by atoms with E-state index in [0.717, 1.165) is 44.9 Å². The van der Waals surface area contributed by atoms with Gasteiger partial charge in [-0.2, -0.15) is 0 Å². The zero-order valence-corrected chi connectivity index (χ0v) is 14.9. The molecule has 4 saturated carbocycles. The summed E-state index contributed by atoms with van der Waals surface area (Å²) in [4.78, 5) is 0. The Morgan fingerprint density at radius 2 is 1.52 bits per heavy atom. The van der Waals surface area contributed by atoms with Gasteiger partial charge < -0.3 is 15.3 Å². The Hall–Kier alpha value is -0.120. The second-order valence-corrected chi connectivity index (χ2v) is 9.93. The van der Waals surface area contributed by atoms with Crippen molar-refractivity contribution in [2.45, 2.75) is 84.0 Å². The van der Waals surface area contributed by atoms with E-state index in [0.29, 0.717) is 29.6 Å².